The van der Waals surface area contributed by atoms with E-state index in [2.05, 4.69) is 5.32 Å². The van der Waals surface area contributed by atoms with Gasteiger partial charge in [-0.05, 0) is 11.6 Å². The van der Waals surface area contributed by atoms with Crippen molar-refractivity contribution in [1.82, 2.24) is 0 Å². The van der Waals surface area contributed by atoms with Gasteiger partial charge in [0.05, 0.1) is 0 Å². The van der Waals surface area contributed by atoms with Crippen LogP contribution in [0.3, 0.4) is 0 Å². The van der Waals surface area contributed by atoms with Gasteiger partial charge >= 0.3 is 0 Å². The Morgan fingerprint density at radius 2 is 2.42 bits per heavy atom. The van der Waals surface area contributed by atoms with Gasteiger partial charge in [0.2, 0.25) is 0 Å². The molecule has 0 aromatic heterocycles. The van der Waals surface area contributed by atoms with Gasteiger partial charge in [-0.1, -0.05) is 6.07 Å². The molecular weight excluding hydrogens is 152 g/mol. The highest BCUT2D eigenvalue weighted by atomic mass is 16.3. The van der Waals surface area contributed by atoms with Crippen LogP contribution in [0.2, 0.25) is 0 Å². The molecule has 1 aromatic carbocycles. The first-order valence-electron chi connectivity index (χ1n) is 4.08. The third kappa shape index (κ3) is 1.02. The summed E-state index contributed by atoms with van der Waals surface area (Å²) >= 11 is 0. The molecule has 0 fully saturated rings. The van der Waals surface area contributed by atoms with Crippen molar-refractivity contribution in [3.05, 3.63) is 23.8 Å². The molecule has 3 nitrogen and oxygen atoms in total. The Morgan fingerprint density at radius 1 is 1.58 bits per heavy atom. The number of phenolic OH excluding ortho intramolecular Hbond substituents is 1. The number of rotatable bonds is 1. The molecule has 0 radical (unpaired) electrons. The molecule has 64 valence electrons. The van der Waals surface area contributed by atoms with E-state index >= 15 is 0 Å². The minimum atomic E-state index is 0.305. The monoisotopic (exact) mass is 164 g/mol. The summed E-state index contributed by atoms with van der Waals surface area (Å²) in [6, 6.07) is 5.38. The Kier molecular flexibility index (Phi) is 1.66. The van der Waals surface area contributed by atoms with Crippen LogP contribution in [0.25, 0.3) is 0 Å². The Balaban J connectivity index is 2.40. The van der Waals surface area contributed by atoms with Gasteiger partial charge in [0.25, 0.3) is 0 Å². The lowest BCUT2D eigenvalue weighted by molar-refractivity contribution is 0.475. The molecule has 1 unspecified atom stereocenters. The predicted molar refractivity (Wildman–Crippen MR) is 48.4 cm³/mol. The van der Waals surface area contributed by atoms with Crippen LogP contribution >= 0.6 is 0 Å². The molecule has 0 bridgehead atoms. The SMILES string of the molecule is NCC1CNc2cc(O)ccc21. The highest BCUT2D eigenvalue weighted by Crippen LogP contribution is 2.32. The Bertz CT molecular complexity index is 299. The van der Waals surface area contributed by atoms with Crippen LogP contribution in [0.15, 0.2) is 18.2 Å². The number of phenols is 1. The molecule has 1 aromatic rings. The number of nitrogens with one attached hydrogen (secondary N) is 1. The number of benzene rings is 1. The molecule has 1 aliphatic heterocycles. The fraction of sp³-hybridized carbons (Fsp3) is 0.333. The number of fused-ring (bicyclic) bond motifs is 1. The number of hydrogen-bond acceptors (Lipinski definition) is 3. The summed E-state index contributed by atoms with van der Waals surface area (Å²) in [6.07, 6.45) is 0. The highest BCUT2D eigenvalue weighted by Gasteiger charge is 2.20. The zero-order valence-electron chi connectivity index (χ0n) is 6.75. The zero-order valence-corrected chi connectivity index (χ0v) is 6.75. The van der Waals surface area contributed by atoms with Crippen LogP contribution < -0.4 is 11.1 Å². The number of hydrogen-bond donors (Lipinski definition) is 3. The molecule has 0 saturated heterocycles. The van der Waals surface area contributed by atoms with E-state index in [4.69, 9.17) is 5.73 Å². The first kappa shape index (κ1) is 7.43. The highest BCUT2D eigenvalue weighted by molar-refractivity contribution is 5.60. The maximum atomic E-state index is 9.18. The fourth-order valence-electron chi connectivity index (χ4n) is 1.61. The third-order valence-corrected chi connectivity index (χ3v) is 2.30. The van der Waals surface area contributed by atoms with E-state index in [-0.39, 0.29) is 0 Å². The number of anilines is 1. The average molecular weight is 164 g/mol. The summed E-state index contributed by atoms with van der Waals surface area (Å²) in [6.45, 7) is 1.54. The lowest BCUT2D eigenvalue weighted by Gasteiger charge is -2.05. The van der Waals surface area contributed by atoms with Crippen LogP contribution in [0.5, 0.6) is 5.75 Å². The van der Waals surface area contributed by atoms with Crippen LogP contribution in [0.1, 0.15) is 11.5 Å². The van der Waals surface area contributed by atoms with Gasteiger partial charge in [-0.2, -0.15) is 0 Å². The second kappa shape index (κ2) is 2.68. The summed E-state index contributed by atoms with van der Waals surface area (Å²) in [4.78, 5) is 0. The normalized spacial score (nSPS) is 20.2. The summed E-state index contributed by atoms with van der Waals surface area (Å²) in [5.41, 5.74) is 7.82. The van der Waals surface area contributed by atoms with E-state index in [0.29, 0.717) is 18.2 Å². The lowest BCUT2D eigenvalue weighted by atomic mass is 10.0. The molecule has 0 amide bonds. The van der Waals surface area contributed by atoms with Crippen LogP contribution in [0, 0.1) is 0 Å². The van der Waals surface area contributed by atoms with Gasteiger partial charge in [-0.3, -0.25) is 0 Å². The summed E-state index contributed by atoms with van der Waals surface area (Å²) in [7, 11) is 0. The van der Waals surface area contributed by atoms with Crippen molar-refractivity contribution >= 4 is 5.69 Å². The maximum absolute atomic E-state index is 9.18. The Labute approximate surface area is 71.2 Å². The van der Waals surface area contributed by atoms with E-state index < -0.39 is 0 Å². The largest absolute Gasteiger partial charge is 0.508 e. The smallest absolute Gasteiger partial charge is 0.117 e. The summed E-state index contributed by atoms with van der Waals surface area (Å²) < 4.78 is 0. The molecule has 1 heterocycles. The van der Waals surface area contributed by atoms with Crippen LogP contribution in [-0.4, -0.2) is 18.2 Å². The first-order chi connectivity index (χ1) is 5.81. The van der Waals surface area contributed by atoms with Crippen molar-refractivity contribution in [3.8, 4) is 5.75 Å². The number of aromatic hydroxyl groups is 1. The van der Waals surface area contributed by atoms with E-state index in [9.17, 15) is 5.11 Å². The molecule has 4 N–H and O–H groups in total. The molecule has 1 atom stereocenters. The molecule has 1 aliphatic rings. The maximum Gasteiger partial charge on any atom is 0.117 e. The molecule has 0 spiro atoms. The lowest BCUT2D eigenvalue weighted by Crippen LogP contribution is -2.13. The minimum Gasteiger partial charge on any atom is -0.508 e. The van der Waals surface area contributed by atoms with Crippen molar-refractivity contribution < 1.29 is 5.11 Å². The van der Waals surface area contributed by atoms with Crippen LogP contribution in [0.4, 0.5) is 5.69 Å². The van der Waals surface area contributed by atoms with Crippen molar-refractivity contribution in [2.75, 3.05) is 18.4 Å². The van der Waals surface area contributed by atoms with Gasteiger partial charge < -0.3 is 16.2 Å². The Hall–Kier alpha value is -1.22. The third-order valence-electron chi connectivity index (χ3n) is 2.30. The molecule has 2 rings (SSSR count). The minimum absolute atomic E-state index is 0.305. The summed E-state index contributed by atoms with van der Waals surface area (Å²) in [5.74, 6) is 0.708. The van der Waals surface area contributed by atoms with Crippen molar-refractivity contribution in [1.29, 1.82) is 0 Å². The van der Waals surface area contributed by atoms with E-state index in [1.54, 1.807) is 12.1 Å². The van der Waals surface area contributed by atoms with E-state index in [1.165, 1.54) is 5.56 Å². The molecular formula is C9H12N2O. The molecule has 0 saturated carbocycles. The topological polar surface area (TPSA) is 58.3 Å². The van der Waals surface area contributed by atoms with Crippen LogP contribution in [-0.2, 0) is 0 Å². The van der Waals surface area contributed by atoms with Gasteiger partial charge in [0.1, 0.15) is 5.75 Å². The van der Waals surface area contributed by atoms with Crippen molar-refractivity contribution in [3.63, 3.8) is 0 Å². The fourth-order valence-corrected chi connectivity index (χ4v) is 1.61. The van der Waals surface area contributed by atoms with Gasteiger partial charge in [-0.25, -0.2) is 0 Å². The van der Waals surface area contributed by atoms with Gasteiger partial charge in [0, 0.05) is 30.8 Å². The standard InChI is InChI=1S/C9H12N2O/c10-4-6-5-11-9-3-7(12)1-2-8(6)9/h1-3,6,11-12H,4-5,10H2. The Morgan fingerprint density at radius 3 is 3.17 bits per heavy atom. The number of nitrogens with two attached hydrogens (primary N) is 1. The second-order valence-corrected chi connectivity index (χ2v) is 3.09. The second-order valence-electron chi connectivity index (χ2n) is 3.09. The average Bonchev–Trinajstić information content (AvgIpc) is 2.46. The molecule has 0 aliphatic carbocycles. The molecule has 12 heavy (non-hydrogen) atoms. The van der Waals surface area contributed by atoms with Crippen molar-refractivity contribution in [2.24, 2.45) is 5.73 Å². The van der Waals surface area contributed by atoms with Crippen molar-refractivity contribution in [2.45, 2.75) is 5.92 Å². The van der Waals surface area contributed by atoms with E-state index in [0.717, 1.165) is 12.2 Å². The zero-order chi connectivity index (χ0) is 8.55. The molecule has 3 heteroatoms. The summed E-state index contributed by atoms with van der Waals surface area (Å²) in [5, 5.41) is 12.4. The quantitative estimate of drug-likeness (QED) is 0.577. The van der Waals surface area contributed by atoms with E-state index in [1.807, 2.05) is 6.07 Å². The predicted octanol–water partition coefficient (Wildman–Crippen LogP) is 0.860. The van der Waals surface area contributed by atoms with Gasteiger partial charge in [0.15, 0.2) is 0 Å². The first-order valence-corrected chi connectivity index (χ1v) is 4.08. The van der Waals surface area contributed by atoms with Gasteiger partial charge in [-0.15, -0.1) is 0 Å².